The molecule has 3 N–H and O–H groups in total. The van der Waals surface area contributed by atoms with Crippen LogP contribution in [-0.2, 0) is 9.47 Å². The Morgan fingerprint density at radius 2 is 2.20 bits per heavy atom. The second-order valence-corrected chi connectivity index (χ2v) is 4.87. The molecule has 104 valence electrons. The predicted octanol–water partition coefficient (Wildman–Crippen LogP) is -0.0306. The first-order chi connectivity index (χ1) is 9.74. The van der Waals surface area contributed by atoms with Crippen LogP contribution in [0.5, 0.6) is 0 Å². The number of nitrogens with two attached hydrogens (primary N) is 1. The van der Waals surface area contributed by atoms with Gasteiger partial charge in [-0.15, -0.1) is 0 Å². The summed E-state index contributed by atoms with van der Waals surface area (Å²) in [5, 5.41) is 10.1. The number of hydrogen-bond donors (Lipinski definition) is 2. The highest BCUT2D eigenvalue weighted by molar-refractivity contribution is 5.81. The minimum absolute atomic E-state index is 0.190. The van der Waals surface area contributed by atoms with Gasteiger partial charge in [-0.3, -0.25) is 4.57 Å². The zero-order chi connectivity index (χ0) is 13.7. The van der Waals surface area contributed by atoms with Crippen molar-refractivity contribution in [2.75, 3.05) is 5.73 Å². The summed E-state index contributed by atoms with van der Waals surface area (Å²) in [5.74, 6) is 0.328. The minimum Gasteiger partial charge on any atom is -0.491 e. The molecule has 4 rings (SSSR count). The van der Waals surface area contributed by atoms with Crippen molar-refractivity contribution < 1.29 is 14.6 Å². The Morgan fingerprint density at radius 1 is 1.35 bits per heavy atom. The number of nitrogens with zero attached hydrogens (tertiary/aromatic N) is 4. The molecule has 0 spiro atoms. The third kappa shape index (κ3) is 1.58. The summed E-state index contributed by atoms with van der Waals surface area (Å²) in [7, 11) is 0. The first-order valence-corrected chi connectivity index (χ1v) is 6.32. The van der Waals surface area contributed by atoms with E-state index in [1.54, 1.807) is 17.2 Å². The molecule has 4 heterocycles. The van der Waals surface area contributed by atoms with Gasteiger partial charge in [0.15, 0.2) is 11.5 Å². The topological polar surface area (TPSA) is 108 Å². The fourth-order valence-corrected chi connectivity index (χ4v) is 2.58. The van der Waals surface area contributed by atoms with Gasteiger partial charge >= 0.3 is 0 Å². The van der Waals surface area contributed by atoms with Crippen LogP contribution in [0.25, 0.3) is 11.2 Å². The van der Waals surface area contributed by atoms with Gasteiger partial charge in [-0.2, -0.15) is 0 Å². The van der Waals surface area contributed by atoms with Crippen molar-refractivity contribution in [2.24, 2.45) is 0 Å². The summed E-state index contributed by atoms with van der Waals surface area (Å²) in [5.41, 5.74) is 6.89. The molecular weight excluding hydrogens is 262 g/mol. The molecule has 2 aromatic heterocycles. The van der Waals surface area contributed by atoms with Crippen molar-refractivity contribution in [1.29, 1.82) is 0 Å². The number of ether oxygens (including phenoxy) is 2. The molecule has 1 fully saturated rings. The fourth-order valence-electron chi connectivity index (χ4n) is 2.58. The summed E-state index contributed by atoms with van der Waals surface area (Å²) in [6.07, 6.45) is 5.40. The van der Waals surface area contributed by atoms with Crippen LogP contribution in [0.2, 0.25) is 0 Å². The molecule has 2 aliphatic heterocycles. The van der Waals surface area contributed by atoms with Gasteiger partial charge in [-0.1, -0.05) is 0 Å². The molecule has 0 amide bonds. The molecule has 8 heteroatoms. The maximum atomic E-state index is 10.1. The van der Waals surface area contributed by atoms with Crippen LogP contribution < -0.4 is 5.73 Å². The minimum atomic E-state index is -0.591. The SMILES string of the molecule is Nc1ncnc2c1ncn2[C@H]1C[C@H](O)[C@@H](C2C=CO2)O1. The van der Waals surface area contributed by atoms with Crippen LogP contribution in [0.4, 0.5) is 5.82 Å². The molecule has 1 saturated heterocycles. The number of aliphatic hydroxyl groups is 1. The molecule has 0 aliphatic carbocycles. The van der Waals surface area contributed by atoms with E-state index in [0.29, 0.717) is 23.4 Å². The van der Waals surface area contributed by atoms with Crippen LogP contribution in [0.1, 0.15) is 12.6 Å². The van der Waals surface area contributed by atoms with E-state index in [9.17, 15) is 5.11 Å². The van der Waals surface area contributed by atoms with E-state index in [-0.39, 0.29) is 18.4 Å². The van der Waals surface area contributed by atoms with Crippen LogP contribution in [0, 0.1) is 0 Å². The van der Waals surface area contributed by atoms with Gasteiger partial charge in [0.05, 0.1) is 18.7 Å². The van der Waals surface area contributed by atoms with Gasteiger partial charge < -0.3 is 20.3 Å². The first-order valence-electron chi connectivity index (χ1n) is 6.32. The number of fused-ring (bicyclic) bond motifs is 1. The Morgan fingerprint density at radius 3 is 2.95 bits per heavy atom. The summed E-state index contributed by atoms with van der Waals surface area (Å²) < 4.78 is 12.8. The van der Waals surface area contributed by atoms with Gasteiger partial charge in [0, 0.05) is 6.42 Å². The van der Waals surface area contributed by atoms with Gasteiger partial charge in [0.25, 0.3) is 0 Å². The highest BCUT2D eigenvalue weighted by atomic mass is 16.6. The molecule has 0 radical (unpaired) electrons. The average Bonchev–Trinajstić information content (AvgIpc) is 2.93. The van der Waals surface area contributed by atoms with Crippen molar-refractivity contribution in [3.8, 4) is 0 Å². The second kappa shape index (κ2) is 4.15. The molecule has 20 heavy (non-hydrogen) atoms. The number of hydrogen-bond acceptors (Lipinski definition) is 7. The number of aromatic nitrogens is 4. The predicted molar refractivity (Wildman–Crippen MR) is 68.3 cm³/mol. The lowest BCUT2D eigenvalue weighted by Crippen LogP contribution is -2.37. The molecule has 2 aliphatic rings. The highest BCUT2D eigenvalue weighted by Gasteiger charge is 2.42. The van der Waals surface area contributed by atoms with E-state index >= 15 is 0 Å². The smallest absolute Gasteiger partial charge is 0.167 e. The lowest BCUT2D eigenvalue weighted by molar-refractivity contribution is -0.0821. The Bertz CT molecular complexity index is 685. The molecule has 8 nitrogen and oxygen atoms in total. The standard InChI is InChI=1S/C12H13N5O3/c13-11-9-12(15-4-14-11)17(5-16-9)8-3-6(18)10(20-8)7-1-2-19-7/h1-2,4-8,10,18H,3H2,(H2,13,14,15)/t6-,7?,8+,10-/m0/s1. The van der Waals surface area contributed by atoms with Gasteiger partial charge in [0.2, 0.25) is 0 Å². The van der Waals surface area contributed by atoms with Crippen LogP contribution in [0.3, 0.4) is 0 Å². The Kier molecular flexibility index (Phi) is 2.41. The van der Waals surface area contributed by atoms with Gasteiger partial charge in [-0.25, -0.2) is 15.0 Å². The molecule has 1 unspecified atom stereocenters. The first kappa shape index (κ1) is 11.6. The summed E-state index contributed by atoms with van der Waals surface area (Å²) in [6.45, 7) is 0. The van der Waals surface area contributed by atoms with Crippen LogP contribution in [-0.4, -0.2) is 42.9 Å². The molecular formula is C12H13N5O3. The fraction of sp³-hybridized carbons (Fsp3) is 0.417. The zero-order valence-electron chi connectivity index (χ0n) is 10.5. The lowest BCUT2D eigenvalue weighted by Gasteiger charge is -2.27. The summed E-state index contributed by atoms with van der Waals surface area (Å²) in [4.78, 5) is 12.3. The molecule has 0 aromatic carbocycles. The van der Waals surface area contributed by atoms with Gasteiger partial charge in [0.1, 0.15) is 30.3 Å². The summed E-state index contributed by atoms with van der Waals surface area (Å²) in [6, 6.07) is 0. The average molecular weight is 275 g/mol. The number of anilines is 1. The van der Waals surface area contributed by atoms with E-state index in [1.165, 1.54) is 6.33 Å². The maximum absolute atomic E-state index is 10.1. The second-order valence-electron chi connectivity index (χ2n) is 4.87. The normalized spacial score (nSPS) is 32.2. The monoisotopic (exact) mass is 275 g/mol. The number of rotatable bonds is 2. The number of aliphatic hydroxyl groups excluding tert-OH is 1. The largest absolute Gasteiger partial charge is 0.491 e. The van der Waals surface area contributed by atoms with Crippen LogP contribution in [0.15, 0.2) is 25.0 Å². The molecule has 4 atom stereocenters. The maximum Gasteiger partial charge on any atom is 0.167 e. The van der Waals surface area contributed by atoms with Crippen molar-refractivity contribution in [2.45, 2.75) is 31.0 Å². The Hall–Kier alpha value is -2.19. The van der Waals surface area contributed by atoms with Crippen molar-refractivity contribution in [3.05, 3.63) is 25.0 Å². The van der Waals surface area contributed by atoms with Crippen molar-refractivity contribution >= 4 is 17.0 Å². The summed E-state index contributed by atoms with van der Waals surface area (Å²) >= 11 is 0. The van der Waals surface area contributed by atoms with E-state index in [4.69, 9.17) is 15.2 Å². The lowest BCUT2D eigenvalue weighted by atomic mass is 10.1. The third-order valence-electron chi connectivity index (χ3n) is 3.66. The van der Waals surface area contributed by atoms with Crippen molar-refractivity contribution in [1.82, 2.24) is 19.5 Å². The van der Waals surface area contributed by atoms with E-state index in [0.717, 1.165) is 0 Å². The molecule has 2 aromatic rings. The third-order valence-corrected chi connectivity index (χ3v) is 3.66. The molecule has 0 saturated carbocycles. The Balaban J connectivity index is 1.67. The quantitative estimate of drug-likeness (QED) is 0.792. The molecule has 0 bridgehead atoms. The van der Waals surface area contributed by atoms with Gasteiger partial charge in [-0.05, 0) is 6.08 Å². The highest BCUT2D eigenvalue weighted by Crippen LogP contribution is 2.35. The Labute approximate surface area is 113 Å². The number of imidazole rings is 1. The van der Waals surface area contributed by atoms with E-state index < -0.39 is 6.10 Å². The zero-order valence-corrected chi connectivity index (χ0v) is 10.5. The number of nitrogen functional groups attached to an aromatic ring is 1. The van der Waals surface area contributed by atoms with Crippen molar-refractivity contribution in [3.63, 3.8) is 0 Å². The van der Waals surface area contributed by atoms with E-state index in [2.05, 4.69) is 15.0 Å². The van der Waals surface area contributed by atoms with E-state index in [1.807, 2.05) is 6.08 Å². The van der Waals surface area contributed by atoms with Crippen LogP contribution >= 0.6 is 0 Å².